The summed E-state index contributed by atoms with van der Waals surface area (Å²) in [4.78, 5) is 10.6. The fraction of sp³-hybridized carbons (Fsp3) is 0.857. The number of ether oxygens (including phenoxy) is 1. The molecule has 0 aromatic heterocycles. The van der Waals surface area contributed by atoms with Gasteiger partial charge in [0.1, 0.15) is 0 Å². The zero-order valence-electron chi connectivity index (χ0n) is 9.17. The van der Waals surface area contributed by atoms with Crippen LogP contribution in [0.1, 0.15) is 0 Å². The lowest BCUT2D eigenvalue weighted by Crippen LogP contribution is -2.60. The minimum atomic E-state index is -6.47. The highest BCUT2D eigenvalue weighted by Crippen LogP contribution is 2.44. The summed E-state index contributed by atoms with van der Waals surface area (Å²) in [6, 6.07) is 0. The van der Waals surface area contributed by atoms with E-state index >= 15 is 0 Å². The molecular formula is C7H5F10NO2. The summed E-state index contributed by atoms with van der Waals surface area (Å²) in [7, 11) is 0.362. The Kier molecular flexibility index (Phi) is 4.92. The van der Waals surface area contributed by atoms with Gasteiger partial charge in [-0.15, -0.1) is 0 Å². The van der Waals surface area contributed by atoms with Crippen LogP contribution in [0.2, 0.25) is 0 Å². The molecule has 0 aliphatic rings. The second-order valence-electron chi connectivity index (χ2n) is 3.24. The molecule has 13 heteroatoms. The Morgan fingerprint density at radius 2 is 1.40 bits per heavy atom. The zero-order chi connectivity index (χ0) is 16.6. The van der Waals surface area contributed by atoms with Crippen LogP contribution in [-0.2, 0) is 9.53 Å². The molecule has 0 aromatic carbocycles. The number of alkyl halides is 10. The van der Waals surface area contributed by atoms with Gasteiger partial charge in [0.25, 0.3) is 12.1 Å². The van der Waals surface area contributed by atoms with Gasteiger partial charge in [0, 0.05) is 7.05 Å². The molecule has 0 fully saturated rings. The largest absolute Gasteiger partial charge is 0.458 e. The number of hydrogen-bond donors (Lipinski definition) is 1. The molecule has 2 atom stereocenters. The summed E-state index contributed by atoms with van der Waals surface area (Å²) in [5.41, 5.74) is 0. The third kappa shape index (κ3) is 3.64. The van der Waals surface area contributed by atoms with Gasteiger partial charge in [0.15, 0.2) is 0 Å². The molecule has 0 aromatic rings. The smallest absolute Gasteiger partial charge is 0.354 e. The van der Waals surface area contributed by atoms with Crippen LogP contribution in [-0.4, -0.2) is 43.4 Å². The van der Waals surface area contributed by atoms with Crippen molar-refractivity contribution >= 4 is 5.91 Å². The van der Waals surface area contributed by atoms with E-state index in [2.05, 4.69) is 4.74 Å². The molecule has 20 heavy (non-hydrogen) atoms. The van der Waals surface area contributed by atoms with Crippen molar-refractivity contribution in [2.24, 2.45) is 0 Å². The van der Waals surface area contributed by atoms with Crippen LogP contribution in [0.4, 0.5) is 43.9 Å². The molecule has 0 saturated carbocycles. The highest BCUT2D eigenvalue weighted by atomic mass is 19.4. The Bertz CT molecular complexity index is 364. The number of rotatable bonds is 4. The van der Waals surface area contributed by atoms with E-state index in [1.165, 1.54) is 0 Å². The quantitative estimate of drug-likeness (QED) is 0.807. The Hall–Kier alpha value is -1.27. The molecule has 0 bridgehead atoms. The fourth-order valence-electron chi connectivity index (χ4n) is 0.823. The van der Waals surface area contributed by atoms with Gasteiger partial charge < -0.3 is 5.32 Å². The highest BCUT2D eigenvalue weighted by Gasteiger charge is 2.71. The minimum absolute atomic E-state index is 0.362. The van der Waals surface area contributed by atoms with Crippen LogP contribution >= 0.6 is 0 Å². The van der Waals surface area contributed by atoms with Gasteiger partial charge in [0.05, 0.1) is 0 Å². The Labute approximate surface area is 103 Å². The maximum Gasteiger partial charge on any atom is 0.458 e. The van der Waals surface area contributed by atoms with Gasteiger partial charge in [-0.3, -0.25) is 9.53 Å². The van der Waals surface area contributed by atoms with E-state index < -0.39 is 36.4 Å². The molecule has 1 amide bonds. The number of carbonyl (C=O) groups excluding carboxylic acids is 1. The normalized spacial score (nSPS) is 18.4. The molecule has 3 nitrogen and oxygen atoms in total. The van der Waals surface area contributed by atoms with Crippen LogP contribution in [0.25, 0.3) is 0 Å². The van der Waals surface area contributed by atoms with Crippen LogP contribution in [0, 0.1) is 0 Å². The third-order valence-electron chi connectivity index (χ3n) is 1.74. The number of likely N-dealkylation sites (N-methyl/N-ethyl adjacent to an activating group) is 1. The van der Waals surface area contributed by atoms with Crippen molar-refractivity contribution < 1.29 is 53.4 Å². The highest BCUT2D eigenvalue weighted by molar-refractivity contribution is 5.84. The van der Waals surface area contributed by atoms with Crippen molar-refractivity contribution in [1.82, 2.24) is 5.32 Å². The molecule has 0 saturated heterocycles. The van der Waals surface area contributed by atoms with E-state index in [-0.39, 0.29) is 0 Å². The predicted molar refractivity (Wildman–Crippen MR) is 40.9 cm³/mol. The van der Waals surface area contributed by atoms with Crippen LogP contribution in [0.3, 0.4) is 0 Å². The second kappa shape index (κ2) is 5.26. The Morgan fingerprint density at radius 3 is 1.65 bits per heavy atom. The van der Waals surface area contributed by atoms with Gasteiger partial charge in [-0.1, -0.05) is 0 Å². The maximum atomic E-state index is 13.2. The van der Waals surface area contributed by atoms with E-state index in [9.17, 15) is 48.7 Å². The molecule has 2 unspecified atom stereocenters. The summed E-state index contributed by atoms with van der Waals surface area (Å²) < 4.78 is 124. The lowest BCUT2D eigenvalue weighted by Gasteiger charge is -2.31. The van der Waals surface area contributed by atoms with Crippen molar-refractivity contribution in [1.29, 1.82) is 0 Å². The Balaban J connectivity index is 5.55. The molecule has 0 aliphatic carbocycles. The van der Waals surface area contributed by atoms with Gasteiger partial charge in [-0.05, 0) is 0 Å². The van der Waals surface area contributed by atoms with E-state index in [1.54, 1.807) is 0 Å². The summed E-state index contributed by atoms with van der Waals surface area (Å²) >= 11 is 0. The number of hydrogen-bond acceptors (Lipinski definition) is 2. The van der Waals surface area contributed by atoms with Gasteiger partial charge >= 0.3 is 24.3 Å². The van der Waals surface area contributed by atoms with Crippen molar-refractivity contribution in [3.63, 3.8) is 0 Å². The molecule has 0 rings (SSSR count). The predicted octanol–water partition coefficient (Wildman–Crippen LogP) is 2.47. The first kappa shape index (κ1) is 18.7. The Morgan fingerprint density at radius 1 is 1.00 bits per heavy atom. The van der Waals surface area contributed by atoms with Crippen molar-refractivity contribution in [3.8, 4) is 0 Å². The zero-order valence-corrected chi connectivity index (χ0v) is 9.17. The summed E-state index contributed by atoms with van der Waals surface area (Å²) in [6.45, 7) is 0. The first-order valence-corrected chi connectivity index (χ1v) is 4.36. The van der Waals surface area contributed by atoms with E-state index in [0.29, 0.717) is 7.05 Å². The first-order chi connectivity index (χ1) is 8.59. The summed E-state index contributed by atoms with van der Waals surface area (Å²) in [6.07, 6.45) is -24.4. The number of nitrogens with one attached hydrogen (secondary N) is 1. The average Bonchev–Trinajstić information content (AvgIpc) is 2.23. The van der Waals surface area contributed by atoms with Crippen molar-refractivity contribution in [3.05, 3.63) is 0 Å². The maximum absolute atomic E-state index is 13.2. The summed E-state index contributed by atoms with van der Waals surface area (Å²) in [5, 5.41) is 0.916. The fourth-order valence-corrected chi connectivity index (χ4v) is 0.823. The average molecular weight is 325 g/mol. The van der Waals surface area contributed by atoms with E-state index in [1.807, 2.05) is 0 Å². The van der Waals surface area contributed by atoms with Gasteiger partial charge in [-0.2, -0.15) is 39.5 Å². The lowest BCUT2D eigenvalue weighted by molar-refractivity contribution is -0.423. The molecular weight excluding hydrogens is 320 g/mol. The van der Waals surface area contributed by atoms with E-state index in [0.717, 1.165) is 5.32 Å². The molecule has 0 heterocycles. The molecule has 0 radical (unpaired) electrons. The van der Waals surface area contributed by atoms with Crippen LogP contribution in [0.5, 0.6) is 0 Å². The monoisotopic (exact) mass is 325 g/mol. The molecule has 0 aliphatic heterocycles. The topological polar surface area (TPSA) is 38.3 Å². The second-order valence-corrected chi connectivity index (χ2v) is 3.24. The molecule has 0 spiro atoms. The van der Waals surface area contributed by atoms with Gasteiger partial charge in [0.2, 0.25) is 0 Å². The lowest BCUT2D eigenvalue weighted by atomic mass is 10.2. The van der Waals surface area contributed by atoms with Gasteiger partial charge in [-0.25, -0.2) is 4.39 Å². The first-order valence-electron chi connectivity index (χ1n) is 4.36. The number of amides is 1. The van der Waals surface area contributed by atoms with Crippen LogP contribution < -0.4 is 5.32 Å². The standard InChI is InChI=1S/C7H5F10NO2/c1-18-3(19)4(9,7(15,16)17)20-6(13,14)2(8)5(10,11)12/h2H,1H3,(H,18,19). The van der Waals surface area contributed by atoms with Crippen molar-refractivity contribution in [2.45, 2.75) is 30.5 Å². The number of carbonyl (C=O) groups is 1. The number of halogens is 10. The van der Waals surface area contributed by atoms with Crippen molar-refractivity contribution in [2.75, 3.05) is 7.05 Å². The SMILES string of the molecule is CNC(=O)C(F)(OC(F)(F)C(F)C(F)(F)F)C(F)(F)F. The van der Waals surface area contributed by atoms with Crippen LogP contribution in [0.15, 0.2) is 0 Å². The van der Waals surface area contributed by atoms with E-state index in [4.69, 9.17) is 0 Å². The molecule has 120 valence electrons. The molecule has 1 N–H and O–H groups in total. The summed E-state index contributed by atoms with van der Waals surface area (Å²) in [5.74, 6) is -8.74. The third-order valence-corrected chi connectivity index (χ3v) is 1.74. The minimum Gasteiger partial charge on any atom is -0.354 e.